The molecule has 0 unspecified atom stereocenters. The Bertz CT molecular complexity index is 960. The summed E-state index contributed by atoms with van der Waals surface area (Å²) in [6, 6.07) is 14.2. The molecule has 1 heterocycles. The number of benzene rings is 2. The monoisotopic (exact) mass is 418 g/mol. The van der Waals surface area contributed by atoms with E-state index < -0.39 is 0 Å². The SMILES string of the molecule is Cc1ccc(NC(=O)CSc2nnc(NC(=O)c3cccc(Cl)c3)s2)cc1. The number of nitrogens with zero attached hydrogens (tertiary/aromatic N) is 2. The normalized spacial score (nSPS) is 10.4. The minimum Gasteiger partial charge on any atom is -0.325 e. The molecule has 1 aromatic heterocycles. The van der Waals surface area contributed by atoms with Gasteiger partial charge < -0.3 is 5.32 Å². The first-order valence-electron chi connectivity index (χ1n) is 7.89. The molecule has 0 saturated heterocycles. The van der Waals surface area contributed by atoms with E-state index in [1.807, 2.05) is 31.2 Å². The third-order valence-electron chi connectivity index (χ3n) is 3.38. The lowest BCUT2D eigenvalue weighted by atomic mass is 10.2. The van der Waals surface area contributed by atoms with Crippen molar-refractivity contribution in [3.63, 3.8) is 0 Å². The number of aromatic nitrogens is 2. The number of aryl methyl sites for hydroxylation is 1. The van der Waals surface area contributed by atoms with Gasteiger partial charge in [-0.3, -0.25) is 14.9 Å². The van der Waals surface area contributed by atoms with Crippen LogP contribution in [0.1, 0.15) is 15.9 Å². The number of carbonyl (C=O) groups is 2. The molecule has 0 aliphatic carbocycles. The van der Waals surface area contributed by atoms with Crippen LogP contribution in [0.15, 0.2) is 52.9 Å². The molecule has 2 aromatic carbocycles. The molecule has 138 valence electrons. The summed E-state index contributed by atoms with van der Waals surface area (Å²) in [5.74, 6) is -0.254. The largest absolute Gasteiger partial charge is 0.325 e. The fraction of sp³-hybridized carbons (Fsp3) is 0.111. The molecule has 0 bridgehead atoms. The third kappa shape index (κ3) is 5.78. The highest BCUT2D eigenvalue weighted by Crippen LogP contribution is 2.26. The summed E-state index contributed by atoms with van der Waals surface area (Å²) in [5.41, 5.74) is 2.31. The quantitative estimate of drug-likeness (QED) is 0.455. The molecule has 0 fully saturated rings. The number of amides is 2. The number of rotatable bonds is 6. The number of anilines is 2. The van der Waals surface area contributed by atoms with Crippen LogP contribution in [-0.2, 0) is 4.79 Å². The number of hydrogen-bond donors (Lipinski definition) is 2. The number of hydrogen-bond acceptors (Lipinski definition) is 6. The van der Waals surface area contributed by atoms with Crippen LogP contribution >= 0.6 is 34.7 Å². The summed E-state index contributed by atoms with van der Waals surface area (Å²) in [6.07, 6.45) is 0. The van der Waals surface area contributed by atoms with Crippen LogP contribution in [0.25, 0.3) is 0 Å². The zero-order chi connectivity index (χ0) is 19.2. The van der Waals surface area contributed by atoms with Crippen molar-refractivity contribution >= 4 is 57.3 Å². The van der Waals surface area contributed by atoms with E-state index in [4.69, 9.17) is 11.6 Å². The Kier molecular flexibility index (Phi) is 6.44. The van der Waals surface area contributed by atoms with Gasteiger partial charge in [0.15, 0.2) is 4.34 Å². The topological polar surface area (TPSA) is 84.0 Å². The van der Waals surface area contributed by atoms with Gasteiger partial charge in [0.2, 0.25) is 11.0 Å². The number of thioether (sulfide) groups is 1. The van der Waals surface area contributed by atoms with E-state index >= 15 is 0 Å². The van der Waals surface area contributed by atoms with Gasteiger partial charge in [-0.05, 0) is 37.3 Å². The van der Waals surface area contributed by atoms with Gasteiger partial charge in [-0.1, -0.05) is 58.5 Å². The van der Waals surface area contributed by atoms with Crippen molar-refractivity contribution in [2.75, 3.05) is 16.4 Å². The lowest BCUT2D eigenvalue weighted by Crippen LogP contribution is -2.13. The van der Waals surface area contributed by atoms with Crippen molar-refractivity contribution in [3.05, 3.63) is 64.7 Å². The van der Waals surface area contributed by atoms with Crippen LogP contribution in [0, 0.1) is 6.92 Å². The molecule has 3 rings (SSSR count). The summed E-state index contributed by atoms with van der Waals surface area (Å²) in [7, 11) is 0. The van der Waals surface area contributed by atoms with E-state index in [2.05, 4.69) is 20.8 Å². The van der Waals surface area contributed by atoms with E-state index in [1.165, 1.54) is 23.1 Å². The average molecular weight is 419 g/mol. The minimum absolute atomic E-state index is 0.136. The Hall–Kier alpha value is -2.42. The zero-order valence-electron chi connectivity index (χ0n) is 14.2. The van der Waals surface area contributed by atoms with E-state index in [1.54, 1.807) is 24.3 Å². The number of nitrogens with one attached hydrogen (secondary N) is 2. The lowest BCUT2D eigenvalue weighted by Gasteiger charge is -2.04. The molecule has 0 radical (unpaired) electrons. The summed E-state index contributed by atoms with van der Waals surface area (Å²) < 4.78 is 0.593. The molecule has 2 N–H and O–H groups in total. The second-order valence-corrected chi connectivity index (χ2v) is 8.18. The zero-order valence-corrected chi connectivity index (χ0v) is 16.6. The van der Waals surface area contributed by atoms with Crippen LogP contribution < -0.4 is 10.6 Å². The first kappa shape index (κ1) is 19.3. The summed E-state index contributed by atoms with van der Waals surface area (Å²) in [5, 5.41) is 14.2. The summed E-state index contributed by atoms with van der Waals surface area (Å²) in [6.45, 7) is 1.99. The molecule has 3 aromatic rings. The second kappa shape index (κ2) is 8.98. The maximum atomic E-state index is 12.2. The summed E-state index contributed by atoms with van der Waals surface area (Å²) >= 11 is 8.35. The predicted octanol–water partition coefficient (Wildman–Crippen LogP) is 4.48. The van der Waals surface area contributed by atoms with E-state index in [0.29, 0.717) is 20.1 Å². The van der Waals surface area contributed by atoms with Gasteiger partial charge in [0.05, 0.1) is 5.75 Å². The first-order chi connectivity index (χ1) is 13.0. The summed E-state index contributed by atoms with van der Waals surface area (Å²) in [4.78, 5) is 24.2. The fourth-order valence-corrected chi connectivity index (χ4v) is 3.82. The van der Waals surface area contributed by atoms with Crippen LogP contribution in [0.5, 0.6) is 0 Å². The minimum atomic E-state index is -0.317. The molecule has 27 heavy (non-hydrogen) atoms. The van der Waals surface area contributed by atoms with Gasteiger partial charge in [-0.25, -0.2) is 0 Å². The highest BCUT2D eigenvalue weighted by molar-refractivity contribution is 8.01. The fourth-order valence-electron chi connectivity index (χ4n) is 2.08. The maximum Gasteiger partial charge on any atom is 0.257 e. The van der Waals surface area contributed by atoms with Crippen LogP contribution in [-0.4, -0.2) is 27.8 Å². The van der Waals surface area contributed by atoms with Gasteiger partial charge >= 0.3 is 0 Å². The Morgan fingerprint density at radius 2 is 1.89 bits per heavy atom. The van der Waals surface area contributed by atoms with E-state index in [-0.39, 0.29) is 17.6 Å². The van der Waals surface area contributed by atoms with Crippen molar-refractivity contribution in [2.45, 2.75) is 11.3 Å². The van der Waals surface area contributed by atoms with Crippen molar-refractivity contribution in [3.8, 4) is 0 Å². The van der Waals surface area contributed by atoms with Crippen LogP contribution in [0.3, 0.4) is 0 Å². The Morgan fingerprint density at radius 1 is 1.11 bits per heavy atom. The standard InChI is InChI=1S/C18H15ClN4O2S2/c1-11-5-7-14(8-6-11)20-15(24)10-26-18-23-22-17(27-18)21-16(25)12-3-2-4-13(19)9-12/h2-9H,10H2,1H3,(H,20,24)(H,21,22,25). The van der Waals surface area contributed by atoms with Crippen molar-refractivity contribution in [1.82, 2.24) is 10.2 Å². The van der Waals surface area contributed by atoms with Gasteiger partial charge in [0.1, 0.15) is 0 Å². The smallest absolute Gasteiger partial charge is 0.257 e. The molecule has 0 aliphatic heterocycles. The predicted molar refractivity (Wildman–Crippen MR) is 110 cm³/mol. The van der Waals surface area contributed by atoms with Gasteiger partial charge in [-0.2, -0.15) is 0 Å². The Morgan fingerprint density at radius 3 is 2.63 bits per heavy atom. The van der Waals surface area contributed by atoms with Crippen molar-refractivity contribution in [1.29, 1.82) is 0 Å². The molecule has 9 heteroatoms. The Balaban J connectivity index is 1.51. The van der Waals surface area contributed by atoms with Crippen molar-refractivity contribution in [2.24, 2.45) is 0 Å². The first-order valence-corrected chi connectivity index (χ1v) is 10.1. The highest BCUT2D eigenvalue weighted by Gasteiger charge is 2.12. The molecule has 0 aliphatic rings. The molecule has 0 atom stereocenters. The molecule has 6 nitrogen and oxygen atoms in total. The third-order valence-corrected chi connectivity index (χ3v) is 5.58. The highest BCUT2D eigenvalue weighted by atomic mass is 35.5. The molecule has 0 spiro atoms. The van der Waals surface area contributed by atoms with Gasteiger partial charge in [0.25, 0.3) is 5.91 Å². The number of halogens is 1. The second-order valence-electron chi connectivity index (χ2n) is 5.54. The van der Waals surface area contributed by atoms with Crippen LogP contribution in [0.2, 0.25) is 5.02 Å². The van der Waals surface area contributed by atoms with E-state index in [9.17, 15) is 9.59 Å². The van der Waals surface area contributed by atoms with Crippen molar-refractivity contribution < 1.29 is 9.59 Å². The molecular weight excluding hydrogens is 404 g/mol. The van der Waals surface area contributed by atoms with E-state index in [0.717, 1.165) is 11.3 Å². The average Bonchev–Trinajstić information content (AvgIpc) is 3.09. The van der Waals surface area contributed by atoms with Gasteiger partial charge in [-0.15, -0.1) is 10.2 Å². The van der Waals surface area contributed by atoms with Crippen LogP contribution in [0.4, 0.5) is 10.8 Å². The molecule has 2 amide bonds. The van der Waals surface area contributed by atoms with Gasteiger partial charge in [0, 0.05) is 16.3 Å². The molecule has 0 saturated carbocycles. The maximum absolute atomic E-state index is 12.2. The number of carbonyl (C=O) groups excluding carboxylic acids is 2. The Labute approximate surface area is 169 Å². The lowest BCUT2D eigenvalue weighted by molar-refractivity contribution is -0.113. The molecular formula is C18H15ClN4O2S2.